The Morgan fingerprint density at radius 3 is 2.32 bits per heavy atom. The molecule has 0 radical (unpaired) electrons. The summed E-state index contributed by atoms with van der Waals surface area (Å²) in [6.07, 6.45) is 0.169. The van der Waals surface area contributed by atoms with Gasteiger partial charge in [0.2, 0.25) is 5.91 Å². The topological polar surface area (TPSA) is 52.7 Å². The summed E-state index contributed by atoms with van der Waals surface area (Å²) in [4.78, 5) is 28.1. The van der Waals surface area contributed by atoms with Crippen molar-refractivity contribution < 1.29 is 9.59 Å². The molecule has 2 aromatic carbocycles. The molecule has 3 rings (SSSR count). The average molecular weight is 358 g/mol. The number of hydrogen-bond donors (Lipinski definition) is 1. The van der Waals surface area contributed by atoms with Crippen LogP contribution in [0.3, 0.4) is 0 Å². The van der Waals surface area contributed by atoms with Gasteiger partial charge in [0.05, 0.1) is 13.0 Å². The quantitative estimate of drug-likeness (QED) is 0.835. The third-order valence-corrected chi connectivity index (χ3v) is 4.47. The van der Waals surface area contributed by atoms with Crippen molar-refractivity contribution in [3.63, 3.8) is 0 Å². The second kappa shape index (κ2) is 7.15. The van der Waals surface area contributed by atoms with Gasteiger partial charge in [-0.25, -0.2) is 0 Å². The fraction of sp³-hybridized carbons (Fsp3) is 0.263. The zero-order valence-corrected chi connectivity index (χ0v) is 15.0. The molecule has 5 nitrogen and oxygen atoms in total. The van der Waals surface area contributed by atoms with Crippen molar-refractivity contribution in [2.75, 3.05) is 24.3 Å². The molecule has 0 aliphatic carbocycles. The van der Waals surface area contributed by atoms with Crippen LogP contribution in [0.25, 0.3) is 0 Å². The van der Waals surface area contributed by atoms with E-state index >= 15 is 0 Å². The van der Waals surface area contributed by atoms with Gasteiger partial charge in [0.1, 0.15) is 6.04 Å². The van der Waals surface area contributed by atoms with Crippen molar-refractivity contribution >= 4 is 34.8 Å². The van der Waals surface area contributed by atoms with Gasteiger partial charge >= 0.3 is 0 Å². The lowest BCUT2D eigenvalue weighted by molar-refractivity contribution is -0.139. The maximum atomic E-state index is 12.6. The molecular formula is C19H20ClN3O2. The Morgan fingerprint density at radius 1 is 1.08 bits per heavy atom. The second-order valence-corrected chi connectivity index (χ2v) is 6.72. The molecule has 2 amide bonds. The first-order valence-electron chi connectivity index (χ1n) is 8.06. The van der Waals surface area contributed by atoms with Crippen molar-refractivity contribution in [2.24, 2.45) is 0 Å². The van der Waals surface area contributed by atoms with E-state index in [-0.39, 0.29) is 24.8 Å². The lowest BCUT2D eigenvalue weighted by Gasteiger charge is -2.17. The van der Waals surface area contributed by atoms with Crippen LogP contribution in [0.2, 0.25) is 5.02 Å². The minimum Gasteiger partial charge on any atom is -0.378 e. The summed E-state index contributed by atoms with van der Waals surface area (Å²) in [7, 11) is 3.94. The van der Waals surface area contributed by atoms with Crippen molar-refractivity contribution in [1.82, 2.24) is 4.90 Å². The Bertz CT molecular complexity index is 772. The first-order valence-corrected chi connectivity index (χ1v) is 8.44. The van der Waals surface area contributed by atoms with Gasteiger partial charge in [-0.05, 0) is 42.0 Å². The Kier molecular flexibility index (Phi) is 4.95. The monoisotopic (exact) mass is 357 g/mol. The van der Waals surface area contributed by atoms with Gasteiger partial charge in [0.25, 0.3) is 5.91 Å². The number of nitrogens with zero attached hydrogens (tertiary/aromatic N) is 2. The summed E-state index contributed by atoms with van der Waals surface area (Å²) in [5, 5.41) is 3.79. The molecule has 0 unspecified atom stereocenters. The van der Waals surface area contributed by atoms with E-state index in [2.05, 4.69) is 5.32 Å². The van der Waals surface area contributed by atoms with Gasteiger partial charge < -0.3 is 10.2 Å². The Balaban J connectivity index is 1.67. The maximum absolute atomic E-state index is 12.6. The molecule has 25 heavy (non-hydrogen) atoms. The number of halogens is 1. The number of likely N-dealkylation sites (tertiary alicyclic amines) is 1. The number of rotatable bonds is 5. The second-order valence-electron chi connectivity index (χ2n) is 6.29. The number of benzene rings is 2. The predicted molar refractivity (Wildman–Crippen MR) is 99.8 cm³/mol. The van der Waals surface area contributed by atoms with Crippen LogP contribution in [0.1, 0.15) is 12.0 Å². The predicted octanol–water partition coefficient (Wildman–Crippen LogP) is 3.15. The summed E-state index contributed by atoms with van der Waals surface area (Å²) in [5.41, 5.74) is 2.77. The summed E-state index contributed by atoms with van der Waals surface area (Å²) in [5.74, 6) is -0.362. The fourth-order valence-electron chi connectivity index (χ4n) is 2.79. The highest BCUT2D eigenvalue weighted by Crippen LogP contribution is 2.22. The normalized spacial score (nSPS) is 17.1. The van der Waals surface area contributed by atoms with Crippen LogP contribution >= 0.6 is 11.6 Å². The molecular weight excluding hydrogens is 338 g/mol. The number of carbonyl (C=O) groups is 2. The minimum atomic E-state index is -0.523. The molecule has 0 bridgehead atoms. The highest BCUT2D eigenvalue weighted by molar-refractivity contribution is 6.30. The van der Waals surface area contributed by atoms with E-state index in [1.54, 1.807) is 12.1 Å². The van der Waals surface area contributed by atoms with Crippen molar-refractivity contribution in [1.29, 1.82) is 0 Å². The van der Waals surface area contributed by atoms with Gasteiger partial charge in [0, 0.05) is 30.5 Å². The third kappa shape index (κ3) is 3.94. The van der Waals surface area contributed by atoms with Crippen LogP contribution in [0.15, 0.2) is 48.5 Å². The summed E-state index contributed by atoms with van der Waals surface area (Å²) in [6, 6.07) is 14.4. The molecule has 1 atom stereocenters. The van der Waals surface area contributed by atoms with Gasteiger partial charge in [-0.15, -0.1) is 0 Å². The number of amides is 2. The highest BCUT2D eigenvalue weighted by Gasteiger charge is 2.38. The molecule has 1 saturated heterocycles. The lowest BCUT2D eigenvalue weighted by Crippen LogP contribution is -2.34. The largest absolute Gasteiger partial charge is 0.378 e. The van der Waals surface area contributed by atoms with E-state index < -0.39 is 6.04 Å². The van der Waals surface area contributed by atoms with Crippen LogP contribution < -0.4 is 10.2 Å². The van der Waals surface area contributed by atoms with Gasteiger partial charge in [0.15, 0.2) is 0 Å². The van der Waals surface area contributed by atoms with Crippen LogP contribution in [0.5, 0.6) is 0 Å². The van der Waals surface area contributed by atoms with Crippen molar-refractivity contribution in [3.05, 3.63) is 59.1 Å². The standard InChI is InChI=1S/C19H20ClN3O2/c1-22(2)16-9-7-15(8-10-16)21-17-11-18(24)23(19(17)25)12-13-3-5-14(20)6-4-13/h3-10,17,21H,11-12H2,1-2H3/t17-/m0/s1. The van der Waals surface area contributed by atoms with E-state index in [0.717, 1.165) is 16.9 Å². The molecule has 0 spiro atoms. The zero-order chi connectivity index (χ0) is 18.0. The Labute approximate surface area is 152 Å². The first-order chi connectivity index (χ1) is 11.9. The summed E-state index contributed by atoms with van der Waals surface area (Å²) in [6.45, 7) is 0.270. The number of carbonyl (C=O) groups excluding carboxylic acids is 2. The van der Waals surface area contributed by atoms with E-state index in [4.69, 9.17) is 11.6 Å². The van der Waals surface area contributed by atoms with Crippen LogP contribution in [-0.2, 0) is 16.1 Å². The number of anilines is 2. The van der Waals surface area contributed by atoms with Crippen LogP contribution in [0.4, 0.5) is 11.4 Å². The molecule has 1 fully saturated rings. The number of hydrogen-bond acceptors (Lipinski definition) is 4. The maximum Gasteiger partial charge on any atom is 0.252 e. The SMILES string of the molecule is CN(C)c1ccc(N[C@H]2CC(=O)N(Cc3ccc(Cl)cc3)C2=O)cc1. The number of nitrogens with one attached hydrogen (secondary N) is 1. The molecule has 0 aromatic heterocycles. The average Bonchev–Trinajstić information content (AvgIpc) is 2.85. The van der Waals surface area contributed by atoms with E-state index in [1.807, 2.05) is 55.4 Å². The summed E-state index contributed by atoms with van der Waals surface area (Å²) >= 11 is 5.87. The highest BCUT2D eigenvalue weighted by atomic mass is 35.5. The van der Waals surface area contributed by atoms with E-state index in [1.165, 1.54) is 4.90 Å². The fourth-order valence-corrected chi connectivity index (χ4v) is 2.92. The van der Waals surface area contributed by atoms with Crippen LogP contribution in [-0.4, -0.2) is 36.9 Å². The zero-order valence-electron chi connectivity index (χ0n) is 14.2. The first kappa shape index (κ1) is 17.3. The molecule has 6 heteroatoms. The lowest BCUT2D eigenvalue weighted by atomic mass is 10.2. The van der Waals surface area contributed by atoms with Crippen molar-refractivity contribution in [2.45, 2.75) is 19.0 Å². The minimum absolute atomic E-state index is 0.164. The van der Waals surface area contributed by atoms with Gasteiger partial charge in [-0.2, -0.15) is 0 Å². The van der Waals surface area contributed by atoms with Crippen molar-refractivity contribution in [3.8, 4) is 0 Å². The molecule has 1 aliphatic heterocycles. The molecule has 0 saturated carbocycles. The molecule has 1 aliphatic rings. The van der Waals surface area contributed by atoms with Gasteiger partial charge in [-0.1, -0.05) is 23.7 Å². The number of imide groups is 1. The van der Waals surface area contributed by atoms with Gasteiger partial charge in [-0.3, -0.25) is 14.5 Å². The Morgan fingerprint density at radius 2 is 1.72 bits per heavy atom. The van der Waals surface area contributed by atoms with Crippen LogP contribution in [0, 0.1) is 0 Å². The smallest absolute Gasteiger partial charge is 0.252 e. The van der Waals surface area contributed by atoms with E-state index in [0.29, 0.717) is 5.02 Å². The summed E-state index contributed by atoms with van der Waals surface area (Å²) < 4.78 is 0. The Hall–Kier alpha value is -2.53. The van der Waals surface area contributed by atoms with E-state index in [9.17, 15) is 9.59 Å². The molecule has 2 aromatic rings. The molecule has 130 valence electrons. The molecule has 1 N–H and O–H groups in total. The third-order valence-electron chi connectivity index (χ3n) is 4.22. The molecule has 1 heterocycles.